The van der Waals surface area contributed by atoms with Gasteiger partial charge in [-0.25, -0.2) is 5.01 Å². The number of hydrazone groups is 1. The first-order chi connectivity index (χ1) is 13.5. The van der Waals surface area contributed by atoms with Crippen molar-refractivity contribution in [1.29, 1.82) is 0 Å². The second kappa shape index (κ2) is 8.71. The summed E-state index contributed by atoms with van der Waals surface area (Å²) in [5.41, 5.74) is 4.25. The second-order valence-electron chi connectivity index (χ2n) is 6.84. The standard InChI is InChI=1S/C19H19BrCl2N4OS/c20-18-7-6-17(28-18)16-11-14(19(27)24-25-8-2-1-3-9-25)23-26(16)15-5-4-12(21)10-13(15)22/h4-7,10,16H,1-3,8-9,11H2,(H,24,27). The van der Waals surface area contributed by atoms with Crippen LogP contribution in [0.5, 0.6) is 0 Å². The molecule has 1 atom stereocenters. The first-order valence-corrected chi connectivity index (χ1v) is 11.5. The van der Waals surface area contributed by atoms with Crippen LogP contribution in [0.15, 0.2) is 39.2 Å². The number of benzene rings is 1. The lowest BCUT2D eigenvalue weighted by atomic mass is 10.1. The number of halogens is 3. The highest BCUT2D eigenvalue weighted by Gasteiger charge is 2.34. The van der Waals surface area contributed by atoms with Crippen LogP contribution in [0, 0.1) is 0 Å². The number of hydrazine groups is 1. The molecule has 28 heavy (non-hydrogen) atoms. The molecule has 4 rings (SSSR count). The minimum atomic E-state index is -0.143. The molecule has 5 nitrogen and oxygen atoms in total. The molecule has 1 saturated heterocycles. The number of amides is 1. The molecule has 2 aliphatic heterocycles. The quantitative estimate of drug-likeness (QED) is 0.589. The zero-order valence-electron chi connectivity index (χ0n) is 15.0. The zero-order valence-corrected chi connectivity index (χ0v) is 18.9. The van der Waals surface area contributed by atoms with E-state index in [9.17, 15) is 4.79 Å². The number of anilines is 1. The van der Waals surface area contributed by atoms with Crippen molar-refractivity contribution in [3.63, 3.8) is 0 Å². The number of hydrogen-bond acceptors (Lipinski definition) is 5. The Bertz CT molecular complexity index is 913. The Labute approximate surface area is 186 Å². The van der Waals surface area contributed by atoms with Crippen LogP contribution in [0.25, 0.3) is 0 Å². The fourth-order valence-electron chi connectivity index (χ4n) is 3.48. The van der Waals surface area contributed by atoms with Crippen LogP contribution in [0.4, 0.5) is 5.69 Å². The molecular weight excluding hydrogens is 483 g/mol. The summed E-state index contributed by atoms with van der Waals surface area (Å²) in [5.74, 6) is -0.143. The fourth-order valence-corrected chi connectivity index (χ4v) is 5.48. The molecule has 1 unspecified atom stereocenters. The highest BCUT2D eigenvalue weighted by atomic mass is 79.9. The molecule has 0 radical (unpaired) electrons. The Morgan fingerprint density at radius 2 is 1.96 bits per heavy atom. The average molecular weight is 502 g/mol. The summed E-state index contributed by atoms with van der Waals surface area (Å²) in [7, 11) is 0. The summed E-state index contributed by atoms with van der Waals surface area (Å²) in [6.07, 6.45) is 3.94. The minimum Gasteiger partial charge on any atom is -0.284 e. The molecule has 148 valence electrons. The van der Waals surface area contributed by atoms with Crippen molar-refractivity contribution < 1.29 is 4.79 Å². The maximum atomic E-state index is 12.8. The molecule has 2 aliphatic rings. The lowest BCUT2D eigenvalue weighted by Crippen LogP contribution is -2.47. The largest absolute Gasteiger partial charge is 0.284 e. The van der Waals surface area contributed by atoms with Crippen molar-refractivity contribution in [2.45, 2.75) is 31.7 Å². The van der Waals surface area contributed by atoms with Gasteiger partial charge >= 0.3 is 0 Å². The number of piperidine rings is 1. The maximum Gasteiger partial charge on any atom is 0.281 e. The van der Waals surface area contributed by atoms with E-state index < -0.39 is 0 Å². The number of carbonyl (C=O) groups excluding carboxylic acids is 1. The van der Waals surface area contributed by atoms with Gasteiger partial charge in [0.05, 0.1) is 20.5 Å². The van der Waals surface area contributed by atoms with Gasteiger partial charge in [-0.1, -0.05) is 29.6 Å². The van der Waals surface area contributed by atoms with Crippen LogP contribution in [0.2, 0.25) is 10.0 Å². The van der Waals surface area contributed by atoms with Gasteiger partial charge in [-0.2, -0.15) is 5.10 Å². The Balaban J connectivity index is 1.61. The van der Waals surface area contributed by atoms with E-state index in [1.165, 1.54) is 6.42 Å². The van der Waals surface area contributed by atoms with E-state index in [0.29, 0.717) is 22.2 Å². The van der Waals surface area contributed by atoms with E-state index >= 15 is 0 Å². The van der Waals surface area contributed by atoms with E-state index in [2.05, 4.69) is 32.5 Å². The Morgan fingerprint density at radius 3 is 2.64 bits per heavy atom. The van der Waals surface area contributed by atoms with Crippen LogP contribution < -0.4 is 10.4 Å². The van der Waals surface area contributed by atoms with E-state index in [1.807, 2.05) is 22.2 Å². The highest BCUT2D eigenvalue weighted by molar-refractivity contribution is 9.11. The van der Waals surface area contributed by atoms with E-state index in [0.717, 1.165) is 40.3 Å². The lowest BCUT2D eigenvalue weighted by Gasteiger charge is -2.26. The normalized spacial score (nSPS) is 20.3. The maximum absolute atomic E-state index is 12.8. The number of carbonyl (C=O) groups is 1. The number of rotatable bonds is 4. The third-order valence-electron chi connectivity index (χ3n) is 4.87. The molecule has 3 heterocycles. The van der Waals surface area contributed by atoms with Gasteiger partial charge in [0.15, 0.2) is 0 Å². The third kappa shape index (κ3) is 4.39. The van der Waals surface area contributed by atoms with Gasteiger partial charge in [0.1, 0.15) is 5.71 Å². The molecule has 9 heteroatoms. The van der Waals surface area contributed by atoms with E-state index in [4.69, 9.17) is 23.2 Å². The van der Waals surface area contributed by atoms with Crippen LogP contribution in [0.3, 0.4) is 0 Å². The van der Waals surface area contributed by atoms with Gasteiger partial charge in [0, 0.05) is 29.4 Å². The van der Waals surface area contributed by atoms with Crippen molar-refractivity contribution in [3.05, 3.63) is 49.0 Å². The smallest absolute Gasteiger partial charge is 0.281 e. The van der Waals surface area contributed by atoms with Crippen LogP contribution in [-0.2, 0) is 4.79 Å². The molecule has 0 spiro atoms. The number of hydrogen-bond donors (Lipinski definition) is 1. The van der Waals surface area contributed by atoms with E-state index in [1.54, 1.807) is 23.5 Å². The molecule has 2 aromatic rings. The Hall–Kier alpha value is -1.12. The molecule has 0 aliphatic carbocycles. The SMILES string of the molecule is O=C(NN1CCCCC1)C1=NN(c2ccc(Cl)cc2Cl)C(c2ccc(Br)s2)C1. The first-order valence-electron chi connectivity index (χ1n) is 9.14. The van der Waals surface area contributed by atoms with Crippen LogP contribution in [0.1, 0.15) is 36.6 Å². The third-order valence-corrected chi connectivity index (χ3v) is 7.13. The van der Waals surface area contributed by atoms with Crippen molar-refractivity contribution in [1.82, 2.24) is 10.4 Å². The van der Waals surface area contributed by atoms with Crippen molar-refractivity contribution >= 4 is 67.8 Å². The predicted octanol–water partition coefficient (Wildman–Crippen LogP) is 5.64. The van der Waals surface area contributed by atoms with Crippen LogP contribution >= 0.6 is 50.5 Å². The molecular formula is C19H19BrCl2N4OS. The number of nitrogens with one attached hydrogen (secondary N) is 1. The van der Waals surface area contributed by atoms with Crippen molar-refractivity contribution in [3.8, 4) is 0 Å². The zero-order chi connectivity index (χ0) is 19.7. The first kappa shape index (κ1) is 20.2. The second-order valence-corrected chi connectivity index (χ2v) is 10.2. The summed E-state index contributed by atoms with van der Waals surface area (Å²) < 4.78 is 1.04. The summed E-state index contributed by atoms with van der Waals surface area (Å²) in [5, 5.41) is 9.55. The lowest BCUT2D eigenvalue weighted by molar-refractivity contribution is -0.119. The van der Waals surface area contributed by atoms with Crippen molar-refractivity contribution in [2.75, 3.05) is 18.1 Å². The summed E-state index contributed by atoms with van der Waals surface area (Å²) in [4.78, 5) is 14.0. The van der Waals surface area contributed by atoms with Gasteiger partial charge in [-0.05, 0) is 59.1 Å². The summed E-state index contributed by atoms with van der Waals surface area (Å²) in [6.45, 7) is 1.76. The van der Waals surface area contributed by atoms with Crippen LogP contribution in [-0.4, -0.2) is 29.7 Å². The highest BCUT2D eigenvalue weighted by Crippen LogP contribution is 2.42. The molecule has 0 bridgehead atoms. The number of nitrogens with zero attached hydrogens (tertiary/aromatic N) is 3. The molecule has 1 N–H and O–H groups in total. The molecule has 0 saturated carbocycles. The van der Waals surface area contributed by atoms with Gasteiger partial charge in [0.2, 0.25) is 0 Å². The summed E-state index contributed by atoms with van der Waals surface area (Å²) >= 11 is 17.7. The monoisotopic (exact) mass is 500 g/mol. The predicted molar refractivity (Wildman–Crippen MR) is 119 cm³/mol. The topological polar surface area (TPSA) is 47.9 Å². The fraction of sp³-hybridized carbons (Fsp3) is 0.368. The minimum absolute atomic E-state index is 0.0860. The van der Waals surface area contributed by atoms with Crippen molar-refractivity contribution in [2.24, 2.45) is 5.10 Å². The van der Waals surface area contributed by atoms with Gasteiger partial charge in [-0.15, -0.1) is 11.3 Å². The average Bonchev–Trinajstić information content (AvgIpc) is 3.29. The Kier molecular flexibility index (Phi) is 6.27. The molecule has 1 fully saturated rings. The molecule has 1 aromatic heterocycles. The van der Waals surface area contributed by atoms with Gasteiger partial charge in [-0.3, -0.25) is 15.2 Å². The summed E-state index contributed by atoms with van der Waals surface area (Å²) in [6, 6.07) is 9.30. The number of thiophene rings is 1. The Morgan fingerprint density at radius 1 is 1.18 bits per heavy atom. The molecule has 1 amide bonds. The molecule has 1 aromatic carbocycles. The van der Waals surface area contributed by atoms with Gasteiger partial charge in [0.25, 0.3) is 5.91 Å². The van der Waals surface area contributed by atoms with E-state index in [-0.39, 0.29) is 11.9 Å². The van der Waals surface area contributed by atoms with Gasteiger partial charge < -0.3 is 0 Å².